The lowest BCUT2D eigenvalue weighted by Crippen LogP contribution is -2.46. The van der Waals surface area contributed by atoms with Crippen LogP contribution in [0.15, 0.2) is 24.8 Å². The first-order valence-corrected chi connectivity index (χ1v) is 27.8. The van der Waals surface area contributed by atoms with Crippen LogP contribution in [0.4, 0.5) is 5.82 Å². The number of anilines is 1. The summed E-state index contributed by atoms with van der Waals surface area (Å²) >= 11 is 1.15. The highest BCUT2D eigenvalue weighted by Crippen LogP contribution is 2.61. The zero-order chi connectivity index (χ0) is 49.7. The molecule has 0 aliphatic carbocycles. The van der Waals surface area contributed by atoms with Gasteiger partial charge in [-0.2, -0.15) is 4.31 Å². The van der Waals surface area contributed by atoms with Gasteiger partial charge in [0.25, 0.3) is 0 Å². The van der Waals surface area contributed by atoms with Crippen molar-refractivity contribution >= 4 is 69.1 Å². The third-order valence-electron chi connectivity index (χ3n) is 10.4. The summed E-state index contributed by atoms with van der Waals surface area (Å²) in [6, 6.07) is 0. The molecule has 1 aliphatic heterocycles. The summed E-state index contributed by atoms with van der Waals surface area (Å²) in [6.07, 6.45) is 13.5. The lowest BCUT2D eigenvalue weighted by molar-refractivity contribution is -0.137. The molecule has 0 bridgehead atoms. The van der Waals surface area contributed by atoms with Crippen LogP contribution in [-0.2, 0) is 50.7 Å². The summed E-state index contributed by atoms with van der Waals surface area (Å²) in [5.41, 5.74) is 4.29. The van der Waals surface area contributed by atoms with Crippen molar-refractivity contribution in [2.24, 2.45) is 5.41 Å². The Morgan fingerprint density at radius 3 is 2.18 bits per heavy atom. The number of aromatic nitrogens is 4. The number of carbonyl (C=O) groups is 3. The van der Waals surface area contributed by atoms with E-state index in [1.54, 1.807) is 0 Å². The van der Waals surface area contributed by atoms with Gasteiger partial charge in [0.05, 0.1) is 19.5 Å². The van der Waals surface area contributed by atoms with Gasteiger partial charge in [-0.3, -0.25) is 32.5 Å². The standard InChI is InChI=1S/C39H68N7O17P3S/c1-4-5-6-7-8-9-10-11-12-13-14-15-16-17-18-19-30(48)67-23-22-41-29(47)20-21-42-37(51)34(50)39(2,3)25-60-66(57,58)63-65(55,56)59-24-28-33(62-64(52,53)54)32(49)38(61-28)46-27-45-31-35(40)43-26-44-36(31)46/h11-12,26-28,32-34,38,49-50H,4-10,13-25H2,1-3H3,(H,41,47)(H,42,51)(H,55,56)(H,57,58)(H2,40,43,44)(H2,52,53,54)/b12-11-/t28-,32-,33-,34+,38-/m1/s1/i1+1,4+1,5+1,6+1,7+1,8+1,9+1,10+1,11+1,12+1,13+1,14+1,15+1,16+1,17+1,18+1,19+1,30+1. The Bertz CT molecular complexity index is 2040. The second-order valence-electron chi connectivity index (χ2n) is 16.6. The Morgan fingerprint density at radius 1 is 0.896 bits per heavy atom. The third-order valence-corrected chi connectivity index (χ3v) is 14.4. The summed E-state index contributed by atoms with van der Waals surface area (Å²) in [5, 5.41) is 26.7. The van der Waals surface area contributed by atoms with Gasteiger partial charge in [-0.15, -0.1) is 0 Å². The number of ether oxygens (including phenoxy) is 1. The van der Waals surface area contributed by atoms with E-state index in [9.17, 15) is 57.9 Å². The molecular formula is C39H68N7O17P3S. The van der Waals surface area contributed by atoms with Crippen molar-refractivity contribution in [1.82, 2.24) is 30.2 Å². The average molecular weight is 1050 g/mol. The first-order chi connectivity index (χ1) is 31.6. The number of phosphoric acid groups is 3. The number of nitrogen functional groups attached to an aromatic ring is 1. The van der Waals surface area contributed by atoms with Crippen molar-refractivity contribution in [2.75, 3.05) is 37.8 Å². The minimum absolute atomic E-state index is 0.0331. The number of rotatable bonds is 34. The fourth-order valence-corrected chi connectivity index (χ4v) is 10.3. The highest BCUT2D eigenvalue weighted by molar-refractivity contribution is 8.13. The van der Waals surface area contributed by atoms with E-state index in [2.05, 4.69) is 53.5 Å². The number of carbonyl (C=O) groups excluding carboxylic acids is 3. The number of nitrogens with zero attached hydrogens (tertiary/aromatic N) is 4. The second-order valence-corrected chi connectivity index (χ2v) is 22.0. The fourth-order valence-electron chi connectivity index (χ4n) is 6.71. The number of hydrogen-bond donors (Lipinski definition) is 9. The van der Waals surface area contributed by atoms with Gasteiger partial charge in [-0.1, -0.05) is 96.1 Å². The topological polar surface area (TPSA) is 364 Å². The monoisotopic (exact) mass is 1050 g/mol. The number of imidazole rings is 1. The van der Waals surface area contributed by atoms with Crippen LogP contribution in [-0.4, -0.2) is 123 Å². The van der Waals surface area contributed by atoms with Crippen LogP contribution in [0.3, 0.4) is 0 Å². The Kier molecular flexibility index (Phi) is 25.2. The molecule has 2 unspecified atom stereocenters. The predicted molar refractivity (Wildman–Crippen MR) is 247 cm³/mol. The van der Waals surface area contributed by atoms with Gasteiger partial charge in [0, 0.05) is 37.1 Å². The number of fused-ring (bicyclic) bond motifs is 1. The van der Waals surface area contributed by atoms with Crippen molar-refractivity contribution < 1.29 is 80.5 Å². The number of phosphoric ester groups is 3. The van der Waals surface area contributed by atoms with Gasteiger partial charge in [0.1, 0.15) is 36.3 Å². The zero-order valence-corrected chi connectivity index (χ0v) is 41.6. The molecule has 24 nitrogen and oxygen atoms in total. The summed E-state index contributed by atoms with van der Waals surface area (Å²) in [6.45, 7) is 2.79. The number of thioether (sulfide) groups is 1. The van der Waals surface area contributed by atoms with Crippen LogP contribution < -0.4 is 16.4 Å². The molecular weight excluding hydrogens is 981 g/mol. The quantitative estimate of drug-likeness (QED) is 0.0198. The third kappa shape index (κ3) is 21.9. The first kappa shape index (κ1) is 58.6. The molecule has 2 aromatic rings. The highest BCUT2D eigenvalue weighted by atomic mass is 32.2. The molecule has 2 aromatic heterocycles. The smallest absolute Gasteiger partial charge is 0.386 e. The van der Waals surface area contributed by atoms with Crippen LogP contribution in [0, 0.1) is 5.41 Å². The molecule has 3 rings (SSSR count). The Balaban J connectivity index is 1.30. The molecule has 28 heteroatoms. The van der Waals surface area contributed by atoms with Crippen LogP contribution in [0.25, 0.3) is 11.2 Å². The molecule has 0 saturated carbocycles. The van der Waals surface area contributed by atoms with Gasteiger partial charge >= 0.3 is 23.5 Å². The maximum atomic E-state index is 12.7. The zero-order valence-electron chi connectivity index (χ0n) is 38.1. The highest BCUT2D eigenvalue weighted by Gasteiger charge is 2.50. The van der Waals surface area contributed by atoms with E-state index >= 15 is 0 Å². The molecule has 10 N–H and O–H groups in total. The molecule has 1 aliphatic rings. The Hall–Kier alpha value is -2.70. The van der Waals surface area contributed by atoms with E-state index in [1.807, 2.05) is 0 Å². The normalized spacial score (nSPS) is 20.2. The van der Waals surface area contributed by atoms with Crippen molar-refractivity contribution in [1.29, 1.82) is 0 Å². The van der Waals surface area contributed by atoms with Crippen molar-refractivity contribution in [2.45, 2.75) is 148 Å². The molecule has 0 radical (unpaired) electrons. The molecule has 0 spiro atoms. The lowest BCUT2D eigenvalue weighted by atomic mass is 9.87. The SMILES string of the molecule is CC(C)(COP(=O)(O)OP(=O)(O)OC[C@H]1O[C@@H](n2cnc3c(N)ncnc32)[C@H](O)[C@@H]1OP(=O)(O)O)[C@@H](O)C(=O)NCCC(=O)NCCS[13C](=O)[13CH2][13CH2][13CH2][13CH2][13CH2][13CH2][13CH2]/[13CH]=[13CH]\[13CH2][13CH2][13CH2][13CH2][13CH2][13CH2][13CH2][13CH3]. The van der Waals surface area contributed by atoms with Crippen LogP contribution in [0.2, 0.25) is 0 Å². The van der Waals surface area contributed by atoms with Gasteiger partial charge in [-0.05, 0) is 32.1 Å². The van der Waals surface area contributed by atoms with Crippen molar-refractivity contribution in [3.8, 4) is 0 Å². The summed E-state index contributed by atoms with van der Waals surface area (Å²) in [4.78, 5) is 88.3. The molecule has 7 atom stereocenters. The number of nitrogens with one attached hydrogen (secondary N) is 2. The maximum absolute atomic E-state index is 12.7. The number of aliphatic hydroxyl groups is 2. The van der Waals surface area contributed by atoms with Crippen molar-refractivity contribution in [3.05, 3.63) is 24.8 Å². The number of aliphatic hydroxyl groups excluding tert-OH is 2. The number of allylic oxidation sites excluding steroid dienone is 2. The number of unbranched alkanes of at least 4 members (excludes halogenated alkanes) is 11. The number of nitrogens with two attached hydrogens (primary N) is 1. The first-order valence-electron chi connectivity index (χ1n) is 22.3. The minimum Gasteiger partial charge on any atom is -0.386 e. The average Bonchev–Trinajstić information content (AvgIpc) is 3.81. The molecule has 1 fully saturated rings. The Labute approximate surface area is 394 Å². The van der Waals surface area contributed by atoms with Crippen molar-refractivity contribution in [3.63, 3.8) is 0 Å². The van der Waals surface area contributed by atoms with E-state index in [0.29, 0.717) is 12.2 Å². The largest absolute Gasteiger partial charge is 0.481 e. The Morgan fingerprint density at radius 2 is 1.52 bits per heavy atom. The summed E-state index contributed by atoms with van der Waals surface area (Å²) < 4.78 is 62.4. The molecule has 2 amide bonds. The number of amides is 2. The van der Waals surface area contributed by atoms with Crippen LogP contribution in [0.5, 0.6) is 0 Å². The molecule has 3 heterocycles. The molecule has 0 aromatic carbocycles. The van der Waals surface area contributed by atoms with Gasteiger partial charge < -0.3 is 50.9 Å². The summed E-state index contributed by atoms with van der Waals surface area (Å²) in [5.74, 6) is -1.03. The van der Waals surface area contributed by atoms with E-state index in [4.69, 9.17) is 19.5 Å². The van der Waals surface area contributed by atoms with E-state index in [1.165, 1.54) is 52.4 Å². The molecule has 67 heavy (non-hydrogen) atoms. The fraction of sp³-hybridized carbons (Fsp3) is 0.744. The van der Waals surface area contributed by atoms with Crippen LogP contribution >= 0.6 is 35.2 Å². The van der Waals surface area contributed by atoms with E-state index in [-0.39, 0.29) is 41.6 Å². The van der Waals surface area contributed by atoms with E-state index in [0.717, 1.165) is 73.9 Å². The second kappa shape index (κ2) is 28.8. The maximum Gasteiger partial charge on any atom is 0.481 e. The predicted octanol–water partition coefficient (Wildman–Crippen LogP) is 4.70. The van der Waals surface area contributed by atoms with E-state index < -0.39 is 84.6 Å². The van der Waals surface area contributed by atoms with Gasteiger partial charge in [0.2, 0.25) is 11.8 Å². The van der Waals surface area contributed by atoms with Gasteiger partial charge in [-0.25, -0.2) is 28.6 Å². The number of hydrogen-bond acceptors (Lipinski definition) is 18. The minimum atomic E-state index is -5.58. The van der Waals surface area contributed by atoms with Crippen LogP contribution in [0.1, 0.15) is 123 Å². The molecule has 1 saturated heterocycles. The summed E-state index contributed by atoms with van der Waals surface area (Å²) in [7, 11) is -16.4. The van der Waals surface area contributed by atoms with Gasteiger partial charge in [0.15, 0.2) is 22.8 Å². The lowest BCUT2D eigenvalue weighted by Gasteiger charge is -2.30. The molecule has 382 valence electrons.